The van der Waals surface area contributed by atoms with Crippen LogP contribution in [0.25, 0.3) is 0 Å². The van der Waals surface area contributed by atoms with Crippen LogP contribution in [0.4, 0.5) is 18.9 Å². The predicted octanol–water partition coefficient (Wildman–Crippen LogP) is 4.74. The zero-order valence-electron chi connectivity index (χ0n) is 19.8. The molecule has 6 nitrogen and oxygen atoms in total. The summed E-state index contributed by atoms with van der Waals surface area (Å²) in [5.41, 5.74) is 0.190. The molecule has 0 aromatic heterocycles. The first kappa shape index (κ1) is 27.5. The van der Waals surface area contributed by atoms with Crippen LogP contribution in [0, 0.1) is 0 Å². The van der Waals surface area contributed by atoms with Gasteiger partial charge in [-0.3, -0.25) is 9.10 Å². The fourth-order valence-corrected chi connectivity index (χ4v) is 4.16. The molecule has 0 bridgehead atoms. The normalized spacial score (nSPS) is 12.3. The molecular formula is C24H31F3N2O4S. The zero-order valence-corrected chi connectivity index (χ0v) is 20.6. The van der Waals surface area contributed by atoms with Gasteiger partial charge in [-0.05, 0) is 47.7 Å². The topological polar surface area (TPSA) is 75.7 Å². The lowest BCUT2D eigenvalue weighted by atomic mass is 9.87. The van der Waals surface area contributed by atoms with Crippen molar-refractivity contribution in [3.05, 3.63) is 59.7 Å². The molecule has 0 saturated heterocycles. The van der Waals surface area contributed by atoms with Crippen LogP contribution in [0.5, 0.6) is 5.75 Å². The largest absolute Gasteiger partial charge is 0.492 e. The van der Waals surface area contributed by atoms with E-state index in [1.807, 2.05) is 24.3 Å². The van der Waals surface area contributed by atoms with Crippen LogP contribution in [0.15, 0.2) is 48.5 Å². The molecule has 0 aliphatic rings. The number of benzene rings is 2. The third-order valence-electron chi connectivity index (χ3n) is 5.04. The van der Waals surface area contributed by atoms with Crippen LogP contribution in [0.1, 0.15) is 44.7 Å². The second-order valence-corrected chi connectivity index (χ2v) is 10.9. The first-order valence-electron chi connectivity index (χ1n) is 10.8. The van der Waals surface area contributed by atoms with Crippen molar-refractivity contribution in [1.82, 2.24) is 5.32 Å². The minimum absolute atomic E-state index is 0.0191. The molecule has 1 amide bonds. The highest BCUT2D eigenvalue weighted by Crippen LogP contribution is 2.32. The fraction of sp³-hybridized carbons (Fsp3) is 0.458. The monoisotopic (exact) mass is 500 g/mol. The van der Waals surface area contributed by atoms with Crippen molar-refractivity contribution in [3.63, 3.8) is 0 Å². The Morgan fingerprint density at radius 2 is 1.68 bits per heavy atom. The van der Waals surface area contributed by atoms with Gasteiger partial charge in [-0.25, -0.2) is 8.42 Å². The summed E-state index contributed by atoms with van der Waals surface area (Å²) < 4.78 is 69.6. The van der Waals surface area contributed by atoms with Crippen molar-refractivity contribution in [3.8, 4) is 5.75 Å². The molecule has 0 spiro atoms. The number of amides is 1. The number of carbonyl (C=O) groups excluding carboxylic acids is 1. The second-order valence-electron chi connectivity index (χ2n) is 8.96. The van der Waals surface area contributed by atoms with Gasteiger partial charge in [-0.15, -0.1) is 0 Å². The second kappa shape index (κ2) is 11.1. The van der Waals surface area contributed by atoms with E-state index in [0.717, 1.165) is 28.8 Å². The third kappa shape index (κ3) is 8.55. The van der Waals surface area contributed by atoms with Gasteiger partial charge in [-0.1, -0.05) is 39.0 Å². The molecule has 0 heterocycles. The van der Waals surface area contributed by atoms with Gasteiger partial charge in [0.2, 0.25) is 15.9 Å². The van der Waals surface area contributed by atoms with E-state index in [9.17, 15) is 26.4 Å². The zero-order chi connectivity index (χ0) is 25.6. The first-order valence-corrected chi connectivity index (χ1v) is 12.7. The van der Waals surface area contributed by atoms with Crippen molar-refractivity contribution >= 4 is 21.6 Å². The molecule has 0 unspecified atom stereocenters. The molecule has 2 aromatic carbocycles. The average molecular weight is 501 g/mol. The van der Waals surface area contributed by atoms with Crippen LogP contribution in [0.2, 0.25) is 0 Å². The Hall–Kier alpha value is -2.75. The number of halogens is 3. The van der Waals surface area contributed by atoms with Gasteiger partial charge in [0.15, 0.2) is 0 Å². The number of ether oxygens (including phenoxy) is 1. The molecule has 10 heteroatoms. The maximum Gasteiger partial charge on any atom is 0.416 e. The standard InChI is InChI=1S/C24H31F3N2O4S/c1-23(2,3)18-10-12-21(13-11-18)33-16-14-28-22(30)9-6-15-29(34(4,31)32)20-8-5-7-19(17-20)24(25,26)27/h5,7-8,10-13,17H,6,9,14-16H2,1-4H3,(H,28,30). The minimum Gasteiger partial charge on any atom is -0.492 e. The summed E-state index contributed by atoms with van der Waals surface area (Å²) in [6, 6.07) is 11.8. The quantitative estimate of drug-likeness (QED) is 0.478. The number of hydrogen-bond donors (Lipinski definition) is 1. The van der Waals surface area contributed by atoms with E-state index < -0.39 is 21.8 Å². The van der Waals surface area contributed by atoms with Gasteiger partial charge in [0.25, 0.3) is 0 Å². The molecule has 2 aromatic rings. The molecule has 0 aliphatic carbocycles. The molecule has 2 rings (SSSR count). The van der Waals surface area contributed by atoms with Crippen LogP contribution in [0.3, 0.4) is 0 Å². The Morgan fingerprint density at radius 1 is 1.03 bits per heavy atom. The highest BCUT2D eigenvalue weighted by atomic mass is 32.2. The summed E-state index contributed by atoms with van der Waals surface area (Å²) in [5.74, 6) is 0.385. The highest BCUT2D eigenvalue weighted by molar-refractivity contribution is 7.92. The van der Waals surface area contributed by atoms with Crippen LogP contribution < -0.4 is 14.4 Å². The summed E-state index contributed by atoms with van der Waals surface area (Å²) in [6.45, 7) is 6.77. The fourth-order valence-electron chi connectivity index (χ4n) is 3.21. The Morgan fingerprint density at radius 3 is 2.24 bits per heavy atom. The summed E-state index contributed by atoms with van der Waals surface area (Å²) in [7, 11) is -3.83. The summed E-state index contributed by atoms with van der Waals surface area (Å²) in [5, 5.41) is 2.69. The smallest absolute Gasteiger partial charge is 0.416 e. The Balaban J connectivity index is 1.81. The van der Waals surface area contributed by atoms with Crippen molar-refractivity contribution in [1.29, 1.82) is 0 Å². The van der Waals surface area contributed by atoms with Crippen LogP contribution >= 0.6 is 0 Å². The lowest BCUT2D eigenvalue weighted by Crippen LogP contribution is -2.33. The molecule has 1 N–H and O–H groups in total. The van der Waals surface area contributed by atoms with Crippen molar-refractivity contribution < 1.29 is 31.1 Å². The predicted molar refractivity (Wildman–Crippen MR) is 127 cm³/mol. The van der Waals surface area contributed by atoms with E-state index in [4.69, 9.17) is 4.74 Å². The number of carbonyl (C=O) groups is 1. The van der Waals surface area contributed by atoms with Gasteiger partial charge >= 0.3 is 6.18 Å². The van der Waals surface area contributed by atoms with Crippen LogP contribution in [-0.4, -0.2) is 40.3 Å². The van der Waals surface area contributed by atoms with Gasteiger partial charge in [0, 0.05) is 13.0 Å². The number of nitrogens with one attached hydrogen (secondary N) is 1. The lowest BCUT2D eigenvalue weighted by molar-refractivity contribution is -0.137. The first-order chi connectivity index (χ1) is 15.7. The van der Waals surface area contributed by atoms with Crippen molar-refractivity contribution in [2.24, 2.45) is 0 Å². The van der Waals surface area contributed by atoms with E-state index in [1.165, 1.54) is 11.6 Å². The molecule has 0 radical (unpaired) electrons. The Bertz CT molecular complexity index is 1060. The summed E-state index contributed by atoms with van der Waals surface area (Å²) in [6.07, 6.45) is -3.51. The van der Waals surface area contributed by atoms with E-state index in [2.05, 4.69) is 26.1 Å². The Kier molecular flexibility index (Phi) is 8.99. The molecule has 0 atom stereocenters. The van der Waals surface area contributed by atoms with Gasteiger partial charge in [0.1, 0.15) is 12.4 Å². The lowest BCUT2D eigenvalue weighted by Gasteiger charge is -2.23. The minimum atomic E-state index is -4.59. The van der Waals surface area contributed by atoms with E-state index in [-0.39, 0.29) is 49.5 Å². The number of hydrogen-bond acceptors (Lipinski definition) is 4. The maximum absolute atomic E-state index is 13.0. The maximum atomic E-state index is 13.0. The number of sulfonamides is 1. The average Bonchev–Trinajstić information content (AvgIpc) is 2.72. The van der Waals surface area contributed by atoms with E-state index >= 15 is 0 Å². The number of alkyl halides is 3. The van der Waals surface area contributed by atoms with Gasteiger partial charge in [0.05, 0.1) is 24.1 Å². The van der Waals surface area contributed by atoms with E-state index in [1.54, 1.807) is 0 Å². The summed E-state index contributed by atoms with van der Waals surface area (Å²) in [4.78, 5) is 12.1. The Labute approximate surface area is 199 Å². The van der Waals surface area contributed by atoms with Gasteiger partial charge in [-0.2, -0.15) is 13.2 Å². The number of nitrogens with zero attached hydrogens (tertiary/aromatic N) is 1. The molecular weight excluding hydrogens is 469 g/mol. The molecule has 0 aliphatic heterocycles. The number of anilines is 1. The highest BCUT2D eigenvalue weighted by Gasteiger charge is 2.31. The van der Waals surface area contributed by atoms with Gasteiger partial charge < -0.3 is 10.1 Å². The van der Waals surface area contributed by atoms with Crippen molar-refractivity contribution in [2.75, 3.05) is 30.3 Å². The van der Waals surface area contributed by atoms with E-state index in [0.29, 0.717) is 5.75 Å². The molecule has 0 saturated carbocycles. The molecule has 0 fully saturated rings. The van der Waals surface area contributed by atoms with Crippen molar-refractivity contribution in [2.45, 2.75) is 45.2 Å². The SMILES string of the molecule is CC(C)(C)c1ccc(OCCNC(=O)CCCN(c2cccc(C(F)(F)F)c2)S(C)(=O)=O)cc1. The summed E-state index contributed by atoms with van der Waals surface area (Å²) >= 11 is 0. The third-order valence-corrected chi connectivity index (χ3v) is 6.23. The number of rotatable bonds is 10. The van der Waals surface area contributed by atoms with Crippen LogP contribution in [-0.2, 0) is 26.4 Å². The molecule has 34 heavy (non-hydrogen) atoms. The molecule has 188 valence electrons.